The molecule has 1 aromatic rings. The molecule has 0 saturated carbocycles. The largest absolute Gasteiger partial charge is 0.293 e. The summed E-state index contributed by atoms with van der Waals surface area (Å²) in [4.78, 5) is 11.9. The van der Waals surface area contributed by atoms with Gasteiger partial charge in [0.15, 0.2) is 5.78 Å². The molecule has 1 atom stereocenters. The average Bonchev–Trinajstić information content (AvgIpc) is 2.23. The molecule has 1 aliphatic heterocycles. The van der Waals surface area contributed by atoms with Gasteiger partial charge in [-0.1, -0.05) is 18.5 Å². The molecule has 1 heterocycles. The van der Waals surface area contributed by atoms with Gasteiger partial charge in [-0.05, 0) is 18.6 Å². The van der Waals surface area contributed by atoms with Crippen LogP contribution in [0.15, 0.2) is 12.1 Å². The summed E-state index contributed by atoms with van der Waals surface area (Å²) < 4.78 is 13.4. The lowest BCUT2D eigenvalue weighted by atomic mass is 10.00. The van der Waals surface area contributed by atoms with Crippen molar-refractivity contribution in [1.29, 1.82) is 0 Å². The van der Waals surface area contributed by atoms with E-state index in [1.54, 1.807) is 0 Å². The van der Waals surface area contributed by atoms with E-state index in [0.29, 0.717) is 21.9 Å². The van der Waals surface area contributed by atoms with Gasteiger partial charge in [-0.25, -0.2) is 4.39 Å². The highest BCUT2D eigenvalue weighted by Crippen LogP contribution is 2.36. The predicted molar refractivity (Wildman–Crippen MR) is 61.1 cm³/mol. The van der Waals surface area contributed by atoms with Crippen molar-refractivity contribution in [2.24, 2.45) is 0 Å². The van der Waals surface area contributed by atoms with Crippen molar-refractivity contribution in [3.05, 3.63) is 34.1 Å². The molecule has 1 nitrogen and oxygen atoms in total. The van der Waals surface area contributed by atoms with Gasteiger partial charge in [0.25, 0.3) is 0 Å². The van der Waals surface area contributed by atoms with E-state index in [1.807, 2.05) is 6.92 Å². The molecular formula is C11H10ClFOS. The number of thioether (sulfide) groups is 1. The summed E-state index contributed by atoms with van der Waals surface area (Å²) >= 11 is 7.42. The Hall–Kier alpha value is -0.540. The molecule has 80 valence electrons. The molecule has 1 aromatic carbocycles. The first-order chi connectivity index (χ1) is 7.15. The minimum Gasteiger partial charge on any atom is -0.293 e. The fourth-order valence-electron chi connectivity index (χ4n) is 1.73. The summed E-state index contributed by atoms with van der Waals surface area (Å²) in [5, 5.41) is 0.298. The molecule has 0 amide bonds. The van der Waals surface area contributed by atoms with E-state index >= 15 is 0 Å². The minimum atomic E-state index is -0.329. The molecule has 1 aliphatic rings. The monoisotopic (exact) mass is 244 g/mol. The molecule has 0 bridgehead atoms. The van der Waals surface area contributed by atoms with Crippen molar-refractivity contribution in [3.63, 3.8) is 0 Å². The molecule has 1 unspecified atom stereocenters. The molecule has 0 N–H and O–H groups in total. The van der Waals surface area contributed by atoms with Gasteiger partial charge in [0, 0.05) is 16.9 Å². The van der Waals surface area contributed by atoms with Crippen LogP contribution in [0.3, 0.4) is 0 Å². The van der Waals surface area contributed by atoms with Crippen LogP contribution in [0.5, 0.6) is 0 Å². The van der Waals surface area contributed by atoms with Crippen LogP contribution in [0, 0.1) is 5.82 Å². The number of carbonyl (C=O) groups is 1. The summed E-state index contributed by atoms with van der Waals surface area (Å²) in [6, 6.07) is 2.78. The Morgan fingerprint density at radius 2 is 2.33 bits per heavy atom. The first-order valence-electron chi connectivity index (χ1n) is 4.77. The van der Waals surface area contributed by atoms with Crippen molar-refractivity contribution >= 4 is 29.1 Å². The molecular weight excluding hydrogens is 235 g/mol. The molecule has 0 aliphatic carbocycles. The Balaban J connectivity index is 2.55. The Bertz CT molecular complexity index is 419. The van der Waals surface area contributed by atoms with E-state index < -0.39 is 0 Å². The van der Waals surface area contributed by atoms with E-state index in [2.05, 4.69) is 0 Å². The first kappa shape index (κ1) is 11.0. The van der Waals surface area contributed by atoms with Gasteiger partial charge in [0.1, 0.15) is 5.82 Å². The number of Topliss-reactive ketones (excluding diaryl/α,β-unsaturated/α-hetero) is 1. The van der Waals surface area contributed by atoms with E-state index in [0.717, 1.165) is 6.42 Å². The number of hydrogen-bond donors (Lipinski definition) is 0. The van der Waals surface area contributed by atoms with E-state index in [9.17, 15) is 9.18 Å². The summed E-state index contributed by atoms with van der Waals surface area (Å²) in [7, 11) is 0. The molecule has 0 spiro atoms. The molecule has 0 aromatic heterocycles. The predicted octanol–water partition coefficient (Wildman–Crippen LogP) is 3.69. The van der Waals surface area contributed by atoms with Gasteiger partial charge in [0.2, 0.25) is 0 Å². The van der Waals surface area contributed by atoms with E-state index in [4.69, 9.17) is 11.6 Å². The van der Waals surface area contributed by atoms with Crippen LogP contribution in [0.4, 0.5) is 4.39 Å². The quantitative estimate of drug-likeness (QED) is 0.750. The van der Waals surface area contributed by atoms with E-state index in [-0.39, 0.29) is 16.9 Å². The summed E-state index contributed by atoms with van der Waals surface area (Å²) in [5.74, 6) is 0.171. The molecule has 2 rings (SSSR count). The van der Waals surface area contributed by atoms with Crippen molar-refractivity contribution in [2.45, 2.75) is 24.3 Å². The number of fused-ring (bicyclic) bond motifs is 1. The number of hydrogen-bond acceptors (Lipinski definition) is 2. The molecule has 0 saturated heterocycles. The van der Waals surface area contributed by atoms with Gasteiger partial charge in [-0.15, -0.1) is 11.8 Å². The van der Waals surface area contributed by atoms with E-state index in [1.165, 1.54) is 23.9 Å². The second-order valence-electron chi connectivity index (χ2n) is 3.45. The summed E-state index contributed by atoms with van der Waals surface area (Å²) in [5.41, 5.74) is 0.851. The Labute approximate surface area is 97.0 Å². The van der Waals surface area contributed by atoms with Gasteiger partial charge >= 0.3 is 0 Å². The Kier molecular flexibility index (Phi) is 3.03. The molecule has 0 fully saturated rings. The summed E-state index contributed by atoms with van der Waals surface area (Å²) in [6.45, 7) is 1.95. The Morgan fingerprint density at radius 3 is 3.00 bits per heavy atom. The van der Waals surface area contributed by atoms with Crippen LogP contribution < -0.4 is 0 Å². The maximum atomic E-state index is 13.4. The van der Waals surface area contributed by atoms with Gasteiger partial charge in [-0.2, -0.15) is 0 Å². The first-order valence-corrected chi connectivity index (χ1v) is 6.20. The van der Waals surface area contributed by atoms with Crippen LogP contribution in [0.2, 0.25) is 5.02 Å². The van der Waals surface area contributed by atoms with Crippen molar-refractivity contribution in [2.75, 3.05) is 0 Å². The lowest BCUT2D eigenvalue weighted by Gasteiger charge is -2.22. The fourth-order valence-corrected chi connectivity index (χ4v) is 3.15. The topological polar surface area (TPSA) is 17.1 Å². The normalized spacial score (nSPS) is 20.2. The minimum absolute atomic E-state index is 0.0340. The number of halogens is 2. The summed E-state index contributed by atoms with van der Waals surface area (Å²) in [6.07, 6.45) is 0.760. The van der Waals surface area contributed by atoms with Crippen molar-refractivity contribution in [3.8, 4) is 0 Å². The average molecular weight is 245 g/mol. The molecule has 15 heavy (non-hydrogen) atoms. The third-order valence-corrected chi connectivity index (χ3v) is 4.26. The highest BCUT2D eigenvalue weighted by Gasteiger charge is 2.30. The van der Waals surface area contributed by atoms with Crippen LogP contribution in [0.25, 0.3) is 0 Å². The maximum Gasteiger partial charge on any atom is 0.177 e. The number of benzene rings is 1. The molecule has 0 radical (unpaired) electrons. The zero-order chi connectivity index (χ0) is 11.0. The highest BCUT2D eigenvalue weighted by molar-refractivity contribution is 8.00. The number of carbonyl (C=O) groups excluding carboxylic acids is 1. The zero-order valence-electron chi connectivity index (χ0n) is 8.22. The van der Waals surface area contributed by atoms with Crippen molar-refractivity contribution < 1.29 is 9.18 Å². The third kappa shape index (κ3) is 1.79. The fraction of sp³-hybridized carbons (Fsp3) is 0.364. The zero-order valence-corrected chi connectivity index (χ0v) is 9.79. The number of rotatable bonds is 1. The smallest absolute Gasteiger partial charge is 0.177 e. The van der Waals surface area contributed by atoms with Crippen molar-refractivity contribution in [1.82, 2.24) is 0 Å². The number of ketones is 1. The lowest BCUT2D eigenvalue weighted by molar-refractivity contribution is 0.0985. The van der Waals surface area contributed by atoms with Crippen LogP contribution in [-0.2, 0) is 5.75 Å². The maximum absolute atomic E-state index is 13.4. The SMILES string of the molecule is CCC1SCc2c(F)ccc(Cl)c2C1=O. The van der Waals surface area contributed by atoms with Gasteiger partial charge in [0.05, 0.1) is 10.3 Å². The third-order valence-electron chi connectivity index (χ3n) is 2.54. The Morgan fingerprint density at radius 1 is 1.60 bits per heavy atom. The van der Waals surface area contributed by atoms with Gasteiger partial charge < -0.3 is 0 Å². The standard InChI is InChI=1S/C11H10ClFOS/c1-2-9-11(14)10-6(5-15-9)8(13)4-3-7(10)12/h3-4,9H,2,5H2,1H3. The second kappa shape index (κ2) is 4.14. The van der Waals surface area contributed by atoms with Gasteiger partial charge in [-0.3, -0.25) is 4.79 Å². The lowest BCUT2D eigenvalue weighted by Crippen LogP contribution is -2.23. The van der Waals surface area contributed by atoms with Crippen LogP contribution >= 0.6 is 23.4 Å². The highest BCUT2D eigenvalue weighted by atomic mass is 35.5. The van der Waals surface area contributed by atoms with Crippen LogP contribution in [0.1, 0.15) is 29.3 Å². The second-order valence-corrected chi connectivity index (χ2v) is 5.05. The molecule has 4 heteroatoms. The van der Waals surface area contributed by atoms with Crippen LogP contribution in [-0.4, -0.2) is 11.0 Å².